The van der Waals surface area contributed by atoms with Gasteiger partial charge in [0, 0.05) is 47.0 Å². The van der Waals surface area contributed by atoms with Crippen molar-refractivity contribution in [2.75, 3.05) is 53.6 Å². The fraction of sp³-hybridized carbons (Fsp3) is 0.882. The molecule has 24 heavy (non-hydrogen) atoms. The number of carbonyl (C=O) groups is 1. The molecule has 1 atom stereocenters. The van der Waals surface area contributed by atoms with Crippen molar-refractivity contribution in [2.45, 2.75) is 38.2 Å². The zero-order chi connectivity index (χ0) is 17.2. The van der Waals surface area contributed by atoms with E-state index in [-0.39, 0.29) is 18.6 Å². The Balaban J connectivity index is 1.66. The topological polar surface area (TPSA) is 75.2 Å². The van der Waals surface area contributed by atoms with Crippen molar-refractivity contribution < 1.29 is 14.3 Å². The van der Waals surface area contributed by atoms with Crippen molar-refractivity contribution in [3.05, 3.63) is 0 Å². The van der Waals surface area contributed by atoms with E-state index in [9.17, 15) is 4.79 Å². The van der Waals surface area contributed by atoms with Gasteiger partial charge in [0.05, 0.1) is 6.10 Å². The zero-order valence-corrected chi connectivity index (χ0v) is 15.1. The largest absolute Gasteiger partial charge is 0.381 e. The van der Waals surface area contributed by atoms with Crippen LogP contribution in [0.2, 0.25) is 0 Å². The van der Waals surface area contributed by atoms with Gasteiger partial charge in [-0.2, -0.15) is 0 Å². The van der Waals surface area contributed by atoms with Gasteiger partial charge in [-0.15, -0.1) is 0 Å². The Kier molecular flexibility index (Phi) is 8.32. The fourth-order valence-electron chi connectivity index (χ4n) is 2.39. The van der Waals surface area contributed by atoms with Gasteiger partial charge in [-0.05, 0) is 38.0 Å². The van der Waals surface area contributed by atoms with Crippen LogP contribution in [-0.2, 0) is 14.3 Å². The molecule has 2 rings (SSSR count). The number of hydrogen-bond donors (Lipinski definition) is 2. The number of guanidine groups is 1. The summed E-state index contributed by atoms with van der Waals surface area (Å²) in [7, 11) is 3.48. The summed E-state index contributed by atoms with van der Waals surface area (Å²) in [5.74, 6) is 1.46. The third-order valence-electron chi connectivity index (χ3n) is 4.20. The van der Waals surface area contributed by atoms with Gasteiger partial charge >= 0.3 is 0 Å². The van der Waals surface area contributed by atoms with Crippen molar-refractivity contribution in [2.24, 2.45) is 10.9 Å². The second kappa shape index (κ2) is 10.5. The Labute approximate surface area is 145 Å². The van der Waals surface area contributed by atoms with E-state index < -0.39 is 0 Å². The number of aliphatic imine (C=N–C) groups is 1. The number of amides is 1. The van der Waals surface area contributed by atoms with Crippen LogP contribution < -0.4 is 10.6 Å². The lowest BCUT2D eigenvalue weighted by atomic mass is 10.2. The van der Waals surface area contributed by atoms with Crippen LogP contribution in [0.3, 0.4) is 0 Å². The lowest BCUT2D eigenvalue weighted by Crippen LogP contribution is -2.42. The molecule has 2 N–H and O–H groups in total. The molecule has 0 spiro atoms. The Morgan fingerprint density at radius 2 is 2.12 bits per heavy atom. The Morgan fingerprint density at radius 3 is 2.79 bits per heavy atom. The van der Waals surface area contributed by atoms with Crippen molar-refractivity contribution in [3.63, 3.8) is 0 Å². The molecule has 1 heterocycles. The highest BCUT2D eigenvalue weighted by atomic mass is 16.5. The first-order valence-corrected chi connectivity index (χ1v) is 9.07. The van der Waals surface area contributed by atoms with E-state index >= 15 is 0 Å². The van der Waals surface area contributed by atoms with Crippen molar-refractivity contribution in [3.8, 4) is 0 Å². The summed E-state index contributed by atoms with van der Waals surface area (Å²) in [6, 6.07) is 0. The van der Waals surface area contributed by atoms with Gasteiger partial charge in [-0.1, -0.05) is 0 Å². The molecule has 1 aliphatic heterocycles. The van der Waals surface area contributed by atoms with E-state index in [0.717, 1.165) is 58.1 Å². The monoisotopic (exact) mass is 340 g/mol. The molecule has 1 aliphatic carbocycles. The summed E-state index contributed by atoms with van der Waals surface area (Å²) in [4.78, 5) is 17.6. The standard InChI is InChI=1S/C17H32N4O3/c1-21(2)16(22)12-20-17(19-11-15-5-3-10-24-15)18-8-4-9-23-13-14-6-7-14/h14-15H,3-13H2,1-2H3,(H2,18,19,20). The van der Waals surface area contributed by atoms with Crippen LogP contribution in [0.1, 0.15) is 32.1 Å². The third kappa shape index (κ3) is 7.97. The highest BCUT2D eigenvalue weighted by molar-refractivity contribution is 5.84. The molecule has 1 saturated carbocycles. The summed E-state index contributed by atoms with van der Waals surface area (Å²) in [6.07, 6.45) is 6.00. The van der Waals surface area contributed by atoms with E-state index in [2.05, 4.69) is 15.6 Å². The third-order valence-corrected chi connectivity index (χ3v) is 4.20. The molecule has 1 unspecified atom stereocenters. The average Bonchev–Trinajstić information content (AvgIpc) is 3.24. The summed E-state index contributed by atoms with van der Waals surface area (Å²) in [5.41, 5.74) is 0. The van der Waals surface area contributed by atoms with Gasteiger partial charge < -0.3 is 25.0 Å². The lowest BCUT2D eigenvalue weighted by molar-refractivity contribution is -0.127. The first kappa shape index (κ1) is 19.0. The van der Waals surface area contributed by atoms with Crippen LogP contribution in [0.5, 0.6) is 0 Å². The van der Waals surface area contributed by atoms with Crippen LogP contribution in [0.4, 0.5) is 0 Å². The first-order chi connectivity index (χ1) is 11.6. The molecule has 2 aliphatic rings. The number of carbonyl (C=O) groups excluding carboxylic acids is 1. The molecule has 138 valence electrons. The lowest BCUT2D eigenvalue weighted by Gasteiger charge is -2.16. The van der Waals surface area contributed by atoms with E-state index in [1.54, 1.807) is 19.0 Å². The molecular formula is C17H32N4O3. The highest BCUT2D eigenvalue weighted by Crippen LogP contribution is 2.28. The molecule has 0 bridgehead atoms. The Hall–Kier alpha value is -1.34. The summed E-state index contributed by atoms with van der Waals surface area (Å²) in [5, 5.41) is 6.55. The second-order valence-corrected chi connectivity index (χ2v) is 6.77. The van der Waals surface area contributed by atoms with Crippen molar-refractivity contribution >= 4 is 11.9 Å². The van der Waals surface area contributed by atoms with Gasteiger partial charge in [0.15, 0.2) is 5.96 Å². The predicted molar refractivity (Wildman–Crippen MR) is 94.1 cm³/mol. The van der Waals surface area contributed by atoms with Crippen LogP contribution >= 0.6 is 0 Å². The van der Waals surface area contributed by atoms with Crippen LogP contribution in [0.15, 0.2) is 4.99 Å². The van der Waals surface area contributed by atoms with E-state index in [1.807, 2.05) is 0 Å². The minimum Gasteiger partial charge on any atom is -0.381 e. The van der Waals surface area contributed by atoms with Gasteiger partial charge in [-0.25, -0.2) is 4.99 Å². The smallest absolute Gasteiger partial charge is 0.243 e. The van der Waals surface area contributed by atoms with E-state index in [1.165, 1.54) is 12.8 Å². The molecular weight excluding hydrogens is 308 g/mol. The Morgan fingerprint density at radius 1 is 1.29 bits per heavy atom. The summed E-state index contributed by atoms with van der Waals surface area (Å²) < 4.78 is 11.2. The predicted octanol–water partition coefficient (Wildman–Crippen LogP) is 0.606. The van der Waals surface area contributed by atoms with Gasteiger partial charge in [-0.3, -0.25) is 4.79 Å². The number of hydrogen-bond acceptors (Lipinski definition) is 4. The van der Waals surface area contributed by atoms with Gasteiger partial charge in [0.2, 0.25) is 5.91 Å². The molecule has 7 heteroatoms. The number of rotatable bonds is 10. The minimum atomic E-state index is -0.0130. The zero-order valence-electron chi connectivity index (χ0n) is 15.1. The quantitative estimate of drug-likeness (QED) is 0.346. The minimum absolute atomic E-state index is 0.0130. The van der Waals surface area contributed by atoms with Crippen molar-refractivity contribution in [1.82, 2.24) is 15.5 Å². The second-order valence-electron chi connectivity index (χ2n) is 6.77. The Bertz CT molecular complexity index is 405. The van der Waals surface area contributed by atoms with E-state index in [4.69, 9.17) is 9.47 Å². The molecule has 2 fully saturated rings. The van der Waals surface area contributed by atoms with E-state index in [0.29, 0.717) is 5.96 Å². The van der Waals surface area contributed by atoms with Crippen LogP contribution in [-0.4, -0.2) is 76.4 Å². The summed E-state index contributed by atoms with van der Waals surface area (Å²) >= 11 is 0. The molecule has 1 saturated heterocycles. The number of nitrogens with zero attached hydrogens (tertiary/aromatic N) is 2. The SMILES string of the molecule is CN(C)C(=O)CN=C(NCCCOCC1CC1)NCC1CCCO1. The fourth-order valence-corrected chi connectivity index (χ4v) is 2.39. The number of ether oxygens (including phenoxy) is 2. The maximum atomic E-state index is 11.7. The van der Waals surface area contributed by atoms with Crippen LogP contribution in [0, 0.1) is 5.92 Å². The average molecular weight is 340 g/mol. The van der Waals surface area contributed by atoms with Gasteiger partial charge in [0.25, 0.3) is 0 Å². The van der Waals surface area contributed by atoms with Crippen molar-refractivity contribution in [1.29, 1.82) is 0 Å². The molecule has 0 radical (unpaired) electrons. The molecule has 0 aromatic carbocycles. The maximum absolute atomic E-state index is 11.7. The number of nitrogens with one attached hydrogen (secondary N) is 2. The maximum Gasteiger partial charge on any atom is 0.243 e. The molecule has 7 nitrogen and oxygen atoms in total. The van der Waals surface area contributed by atoms with Crippen LogP contribution in [0.25, 0.3) is 0 Å². The normalized spacial score (nSPS) is 20.9. The summed E-state index contributed by atoms with van der Waals surface area (Å²) in [6.45, 7) is 4.14. The van der Waals surface area contributed by atoms with Gasteiger partial charge in [0.1, 0.15) is 6.54 Å². The molecule has 0 aromatic heterocycles. The molecule has 1 amide bonds. The first-order valence-electron chi connectivity index (χ1n) is 9.07. The number of likely N-dealkylation sites (N-methyl/N-ethyl adjacent to an activating group) is 1. The molecule has 0 aromatic rings. The highest BCUT2D eigenvalue weighted by Gasteiger charge is 2.20.